The zero-order chi connectivity index (χ0) is 20.7. The number of amides is 2. The Balaban J connectivity index is 1.85. The maximum absolute atomic E-state index is 12.4. The van der Waals surface area contributed by atoms with Gasteiger partial charge in [0.15, 0.2) is 6.61 Å². The van der Waals surface area contributed by atoms with Crippen LogP contribution >= 0.6 is 11.6 Å². The smallest absolute Gasteiger partial charge is 0.321 e. The van der Waals surface area contributed by atoms with Crippen LogP contribution in [0.2, 0.25) is 5.02 Å². The zero-order valence-corrected chi connectivity index (χ0v) is 16.4. The number of carbonyl (C=O) groups is 3. The van der Waals surface area contributed by atoms with E-state index in [1.165, 1.54) is 43.4 Å². The number of imide groups is 1. The van der Waals surface area contributed by atoms with Crippen molar-refractivity contribution in [1.82, 2.24) is 9.62 Å². The summed E-state index contributed by atoms with van der Waals surface area (Å²) in [5, 5.41) is 2.44. The molecule has 10 heteroatoms. The Morgan fingerprint density at radius 2 is 1.64 bits per heavy atom. The SMILES string of the molecule is CN(CC(=O)OCC(=O)NC(=O)c1ccccc1)S(=O)(=O)c1ccc(Cl)cc1. The summed E-state index contributed by atoms with van der Waals surface area (Å²) in [6.45, 7) is -1.32. The highest BCUT2D eigenvalue weighted by Gasteiger charge is 2.24. The van der Waals surface area contributed by atoms with Gasteiger partial charge >= 0.3 is 5.97 Å². The number of esters is 1. The molecule has 2 amide bonds. The molecule has 1 N–H and O–H groups in total. The number of hydrogen-bond acceptors (Lipinski definition) is 6. The van der Waals surface area contributed by atoms with Crippen molar-refractivity contribution >= 4 is 39.4 Å². The van der Waals surface area contributed by atoms with Crippen molar-refractivity contribution < 1.29 is 27.5 Å². The molecule has 0 aliphatic carbocycles. The van der Waals surface area contributed by atoms with Crippen molar-refractivity contribution in [3.8, 4) is 0 Å². The molecular weight excluding hydrogens is 408 g/mol. The number of halogens is 1. The first kappa shape index (κ1) is 21.5. The first-order valence-corrected chi connectivity index (χ1v) is 9.78. The van der Waals surface area contributed by atoms with Crippen LogP contribution in [0.5, 0.6) is 0 Å². The number of nitrogens with zero attached hydrogens (tertiary/aromatic N) is 1. The van der Waals surface area contributed by atoms with Crippen molar-refractivity contribution in [1.29, 1.82) is 0 Å². The van der Waals surface area contributed by atoms with E-state index >= 15 is 0 Å². The highest BCUT2D eigenvalue weighted by Crippen LogP contribution is 2.17. The fourth-order valence-corrected chi connectivity index (χ4v) is 3.31. The fourth-order valence-electron chi connectivity index (χ4n) is 2.07. The van der Waals surface area contributed by atoms with E-state index in [1.807, 2.05) is 0 Å². The molecule has 0 unspecified atom stereocenters. The second-order valence-corrected chi connectivity index (χ2v) is 8.10. The molecule has 2 rings (SSSR count). The van der Waals surface area contributed by atoms with E-state index in [2.05, 4.69) is 5.32 Å². The van der Waals surface area contributed by atoms with E-state index in [9.17, 15) is 22.8 Å². The number of ether oxygens (including phenoxy) is 1. The van der Waals surface area contributed by atoms with Crippen LogP contribution in [-0.4, -0.2) is 50.7 Å². The van der Waals surface area contributed by atoms with E-state index in [0.717, 1.165) is 4.31 Å². The van der Waals surface area contributed by atoms with Crippen LogP contribution in [0.25, 0.3) is 0 Å². The molecule has 2 aromatic rings. The van der Waals surface area contributed by atoms with Crippen LogP contribution in [0.4, 0.5) is 0 Å². The molecule has 0 saturated carbocycles. The molecule has 0 aromatic heterocycles. The Bertz CT molecular complexity index is 961. The van der Waals surface area contributed by atoms with Crippen LogP contribution in [0, 0.1) is 0 Å². The predicted octanol–water partition coefficient (Wildman–Crippen LogP) is 1.46. The molecule has 2 aromatic carbocycles. The summed E-state index contributed by atoms with van der Waals surface area (Å²) >= 11 is 5.73. The maximum atomic E-state index is 12.4. The minimum Gasteiger partial charge on any atom is -0.455 e. The van der Waals surface area contributed by atoms with Gasteiger partial charge in [-0.3, -0.25) is 19.7 Å². The lowest BCUT2D eigenvalue weighted by Gasteiger charge is -2.16. The van der Waals surface area contributed by atoms with E-state index in [4.69, 9.17) is 16.3 Å². The van der Waals surface area contributed by atoms with Gasteiger partial charge in [-0.2, -0.15) is 4.31 Å². The predicted molar refractivity (Wildman–Crippen MR) is 101 cm³/mol. The Kier molecular flexibility index (Phi) is 7.27. The summed E-state index contributed by atoms with van der Waals surface area (Å²) in [7, 11) is -2.73. The van der Waals surface area contributed by atoms with E-state index in [1.54, 1.807) is 18.2 Å². The monoisotopic (exact) mass is 424 g/mol. The van der Waals surface area contributed by atoms with Crippen molar-refractivity contribution in [3.05, 3.63) is 65.2 Å². The van der Waals surface area contributed by atoms with Gasteiger partial charge in [0.25, 0.3) is 11.8 Å². The average molecular weight is 425 g/mol. The molecule has 0 radical (unpaired) electrons. The van der Waals surface area contributed by atoms with Gasteiger partial charge in [-0.05, 0) is 36.4 Å². The Labute approximate surface area is 167 Å². The minimum absolute atomic E-state index is 0.0431. The highest BCUT2D eigenvalue weighted by molar-refractivity contribution is 7.89. The van der Waals surface area contributed by atoms with Gasteiger partial charge in [-0.15, -0.1) is 0 Å². The molecule has 0 saturated heterocycles. The second kappa shape index (κ2) is 9.45. The third-order valence-electron chi connectivity index (χ3n) is 3.53. The number of nitrogens with one attached hydrogen (secondary N) is 1. The molecular formula is C18H17ClN2O6S. The Hall–Kier alpha value is -2.75. The second-order valence-electron chi connectivity index (χ2n) is 5.62. The summed E-state index contributed by atoms with van der Waals surface area (Å²) in [5.41, 5.74) is 0.274. The average Bonchev–Trinajstić information content (AvgIpc) is 2.67. The van der Waals surface area contributed by atoms with Crippen LogP contribution in [-0.2, 0) is 24.3 Å². The topological polar surface area (TPSA) is 110 Å². The summed E-state index contributed by atoms with van der Waals surface area (Å²) in [6, 6.07) is 13.5. The normalized spacial score (nSPS) is 11.1. The minimum atomic E-state index is -3.93. The number of benzene rings is 2. The van der Waals surface area contributed by atoms with Gasteiger partial charge in [-0.25, -0.2) is 8.42 Å². The first-order chi connectivity index (χ1) is 13.2. The van der Waals surface area contributed by atoms with Crippen LogP contribution in [0.3, 0.4) is 0 Å². The molecule has 148 valence electrons. The van der Waals surface area contributed by atoms with Crippen LogP contribution in [0.1, 0.15) is 10.4 Å². The van der Waals surface area contributed by atoms with Gasteiger partial charge in [-0.1, -0.05) is 29.8 Å². The highest BCUT2D eigenvalue weighted by atomic mass is 35.5. The number of rotatable bonds is 7. The van der Waals surface area contributed by atoms with E-state index in [-0.39, 0.29) is 10.5 Å². The van der Waals surface area contributed by atoms with Crippen molar-refractivity contribution in [2.24, 2.45) is 0 Å². The summed E-state index contributed by atoms with van der Waals surface area (Å²) < 4.78 is 30.3. The molecule has 0 bridgehead atoms. The van der Waals surface area contributed by atoms with E-state index < -0.39 is 41.0 Å². The molecule has 0 atom stereocenters. The number of likely N-dealkylation sites (N-methyl/N-ethyl adjacent to an activating group) is 1. The third-order valence-corrected chi connectivity index (χ3v) is 5.60. The largest absolute Gasteiger partial charge is 0.455 e. The molecule has 0 heterocycles. The van der Waals surface area contributed by atoms with Gasteiger partial charge < -0.3 is 4.74 Å². The summed E-state index contributed by atoms with van der Waals surface area (Å²) in [5.74, 6) is -2.41. The maximum Gasteiger partial charge on any atom is 0.321 e. The third kappa shape index (κ3) is 5.88. The van der Waals surface area contributed by atoms with Gasteiger partial charge in [0.05, 0.1) is 4.90 Å². The number of sulfonamides is 1. The quantitative estimate of drug-likeness (QED) is 0.674. The standard InChI is InChI=1S/C18H17ClN2O6S/c1-21(28(25,26)15-9-7-14(19)8-10-15)11-17(23)27-12-16(22)20-18(24)13-5-3-2-4-6-13/h2-10H,11-12H2,1H3,(H,20,22,24). The lowest BCUT2D eigenvalue weighted by Crippen LogP contribution is -2.37. The lowest BCUT2D eigenvalue weighted by atomic mass is 10.2. The molecule has 8 nitrogen and oxygen atoms in total. The van der Waals surface area contributed by atoms with Gasteiger partial charge in [0.2, 0.25) is 10.0 Å². The first-order valence-electron chi connectivity index (χ1n) is 7.97. The lowest BCUT2D eigenvalue weighted by molar-refractivity contribution is -0.148. The molecule has 0 aliphatic rings. The summed E-state index contributed by atoms with van der Waals surface area (Å²) in [6.07, 6.45) is 0. The van der Waals surface area contributed by atoms with Crippen molar-refractivity contribution in [2.45, 2.75) is 4.90 Å². The summed E-state index contributed by atoms with van der Waals surface area (Å²) in [4.78, 5) is 35.3. The number of carbonyl (C=O) groups excluding carboxylic acids is 3. The van der Waals surface area contributed by atoms with Crippen LogP contribution < -0.4 is 5.32 Å². The van der Waals surface area contributed by atoms with Gasteiger partial charge in [0.1, 0.15) is 6.54 Å². The fraction of sp³-hybridized carbons (Fsp3) is 0.167. The molecule has 0 spiro atoms. The Morgan fingerprint density at radius 3 is 2.25 bits per heavy atom. The molecule has 0 aliphatic heterocycles. The van der Waals surface area contributed by atoms with Crippen LogP contribution in [0.15, 0.2) is 59.5 Å². The molecule has 0 fully saturated rings. The Morgan fingerprint density at radius 1 is 1.04 bits per heavy atom. The number of hydrogen-bond donors (Lipinski definition) is 1. The molecule has 28 heavy (non-hydrogen) atoms. The van der Waals surface area contributed by atoms with Gasteiger partial charge in [0, 0.05) is 17.6 Å². The van der Waals surface area contributed by atoms with E-state index in [0.29, 0.717) is 5.02 Å². The zero-order valence-electron chi connectivity index (χ0n) is 14.8. The van der Waals surface area contributed by atoms with Crippen molar-refractivity contribution in [3.63, 3.8) is 0 Å². The van der Waals surface area contributed by atoms with Crippen molar-refractivity contribution in [2.75, 3.05) is 20.2 Å².